The quantitative estimate of drug-likeness (QED) is 0.846. The lowest BCUT2D eigenvalue weighted by atomic mass is 10.2. The van der Waals surface area contributed by atoms with E-state index in [4.69, 9.17) is 5.73 Å². The number of hydrogen-bond acceptors (Lipinski definition) is 5. The Labute approximate surface area is 102 Å². The summed E-state index contributed by atoms with van der Waals surface area (Å²) in [4.78, 5) is 6.52. The zero-order valence-electron chi connectivity index (χ0n) is 9.83. The molecule has 1 aliphatic rings. The Hall–Kier alpha value is -1.14. The normalized spacial score (nSPS) is 20.8. The number of hydrogen-bond donors (Lipinski definition) is 1. The smallest absolute Gasteiger partial charge is 0.179 e. The highest BCUT2D eigenvalue weighted by molar-refractivity contribution is 7.90. The first-order chi connectivity index (χ1) is 8.04. The molecule has 6 heteroatoms. The minimum Gasteiger partial charge on any atom is -0.351 e. The number of anilines is 1. The van der Waals surface area contributed by atoms with Crippen molar-refractivity contribution in [1.82, 2.24) is 4.98 Å². The molecule has 1 atom stereocenters. The van der Waals surface area contributed by atoms with Gasteiger partial charge >= 0.3 is 0 Å². The van der Waals surface area contributed by atoms with E-state index in [1.807, 2.05) is 4.90 Å². The third kappa shape index (κ3) is 2.42. The molecule has 0 aliphatic carbocycles. The molecule has 17 heavy (non-hydrogen) atoms. The number of aromatic nitrogens is 1. The topological polar surface area (TPSA) is 76.3 Å². The second-order valence-electron chi connectivity index (χ2n) is 4.32. The minimum absolute atomic E-state index is 0.199. The van der Waals surface area contributed by atoms with Crippen molar-refractivity contribution in [1.29, 1.82) is 0 Å². The van der Waals surface area contributed by atoms with Crippen LogP contribution in [0.15, 0.2) is 23.2 Å². The lowest BCUT2D eigenvalue weighted by Crippen LogP contribution is -2.36. The number of nitrogens with zero attached hydrogens (tertiary/aromatic N) is 2. The van der Waals surface area contributed by atoms with E-state index in [2.05, 4.69) is 4.98 Å². The van der Waals surface area contributed by atoms with Gasteiger partial charge in [0.15, 0.2) is 9.84 Å². The zero-order chi connectivity index (χ0) is 12.5. The third-order valence-corrected chi connectivity index (χ3v) is 4.19. The van der Waals surface area contributed by atoms with Gasteiger partial charge in [0.05, 0.1) is 0 Å². The number of rotatable bonds is 3. The predicted octanol–water partition coefficient (Wildman–Crippen LogP) is 0.413. The van der Waals surface area contributed by atoms with Crippen LogP contribution >= 0.6 is 0 Å². The van der Waals surface area contributed by atoms with Crippen LogP contribution in [0.4, 0.5) is 5.82 Å². The Bertz CT molecular complexity index is 501. The first-order valence-corrected chi connectivity index (χ1v) is 7.55. The van der Waals surface area contributed by atoms with E-state index in [1.54, 1.807) is 18.3 Å². The number of pyridine rings is 1. The molecule has 0 amide bonds. The molecule has 2 heterocycles. The molecule has 1 aromatic rings. The molecule has 0 spiro atoms. The molecule has 0 radical (unpaired) electrons. The van der Waals surface area contributed by atoms with Crippen LogP contribution in [0.25, 0.3) is 0 Å². The van der Waals surface area contributed by atoms with Gasteiger partial charge in [-0.25, -0.2) is 13.4 Å². The molecule has 2 rings (SSSR count). The standard InChI is InChI=1S/C11H17N3O2S/c1-17(15,16)10-5-2-6-13-11(10)14-7-3-4-9(14)8-12/h2,5-6,9H,3-4,7-8,12H2,1H3. The van der Waals surface area contributed by atoms with Crippen molar-refractivity contribution in [2.45, 2.75) is 23.8 Å². The van der Waals surface area contributed by atoms with Crippen LogP contribution in [0.2, 0.25) is 0 Å². The van der Waals surface area contributed by atoms with E-state index < -0.39 is 9.84 Å². The molecule has 1 unspecified atom stereocenters. The molecule has 0 saturated carbocycles. The Morgan fingerprint density at radius 1 is 1.59 bits per heavy atom. The lowest BCUT2D eigenvalue weighted by Gasteiger charge is -2.26. The monoisotopic (exact) mass is 255 g/mol. The summed E-state index contributed by atoms with van der Waals surface area (Å²) in [6, 6.07) is 3.45. The van der Waals surface area contributed by atoms with Crippen LogP contribution in [0, 0.1) is 0 Å². The summed E-state index contributed by atoms with van der Waals surface area (Å²) >= 11 is 0. The molecule has 1 aliphatic heterocycles. The number of nitrogens with two attached hydrogens (primary N) is 1. The van der Waals surface area contributed by atoms with Gasteiger partial charge in [-0.2, -0.15) is 0 Å². The van der Waals surface area contributed by atoms with Crippen molar-refractivity contribution in [3.8, 4) is 0 Å². The minimum atomic E-state index is -3.25. The summed E-state index contributed by atoms with van der Waals surface area (Å²) in [5, 5.41) is 0. The molecule has 1 saturated heterocycles. The maximum atomic E-state index is 11.7. The van der Waals surface area contributed by atoms with Crippen molar-refractivity contribution in [2.75, 3.05) is 24.2 Å². The van der Waals surface area contributed by atoms with Crippen LogP contribution in [-0.4, -0.2) is 38.8 Å². The molecule has 1 aromatic heterocycles. The Kier molecular flexibility index (Phi) is 3.35. The molecular formula is C11H17N3O2S. The van der Waals surface area contributed by atoms with Crippen LogP contribution in [0.3, 0.4) is 0 Å². The van der Waals surface area contributed by atoms with Gasteiger partial charge in [0.25, 0.3) is 0 Å². The summed E-state index contributed by atoms with van der Waals surface area (Å²) in [6.45, 7) is 1.35. The second-order valence-corrected chi connectivity index (χ2v) is 6.31. The van der Waals surface area contributed by atoms with Crippen LogP contribution in [0.5, 0.6) is 0 Å². The lowest BCUT2D eigenvalue weighted by molar-refractivity contribution is 0.599. The van der Waals surface area contributed by atoms with Crippen molar-refractivity contribution in [3.63, 3.8) is 0 Å². The van der Waals surface area contributed by atoms with Gasteiger partial charge in [0.2, 0.25) is 0 Å². The van der Waals surface area contributed by atoms with Crippen molar-refractivity contribution in [3.05, 3.63) is 18.3 Å². The van der Waals surface area contributed by atoms with Gasteiger partial charge in [-0.1, -0.05) is 0 Å². The highest BCUT2D eigenvalue weighted by Gasteiger charge is 2.28. The Morgan fingerprint density at radius 3 is 3.00 bits per heavy atom. The predicted molar refractivity (Wildman–Crippen MR) is 66.8 cm³/mol. The third-order valence-electron chi connectivity index (χ3n) is 3.07. The van der Waals surface area contributed by atoms with Crippen molar-refractivity contribution in [2.24, 2.45) is 5.73 Å². The molecule has 0 bridgehead atoms. The Morgan fingerprint density at radius 2 is 2.35 bits per heavy atom. The maximum absolute atomic E-state index is 11.7. The molecular weight excluding hydrogens is 238 g/mol. The van der Waals surface area contributed by atoms with Crippen LogP contribution in [-0.2, 0) is 9.84 Å². The van der Waals surface area contributed by atoms with Gasteiger partial charge in [0.1, 0.15) is 10.7 Å². The van der Waals surface area contributed by atoms with Crippen LogP contribution < -0.4 is 10.6 Å². The average molecular weight is 255 g/mol. The van der Waals surface area contributed by atoms with E-state index in [0.717, 1.165) is 19.4 Å². The van der Waals surface area contributed by atoms with Crippen LogP contribution in [0.1, 0.15) is 12.8 Å². The van der Waals surface area contributed by atoms with Crippen molar-refractivity contribution >= 4 is 15.7 Å². The average Bonchev–Trinajstić information content (AvgIpc) is 2.75. The largest absolute Gasteiger partial charge is 0.351 e. The summed E-state index contributed by atoms with van der Waals surface area (Å²) in [6.07, 6.45) is 4.86. The number of sulfone groups is 1. The van der Waals surface area contributed by atoms with E-state index >= 15 is 0 Å². The van der Waals surface area contributed by atoms with Gasteiger partial charge in [-0.05, 0) is 25.0 Å². The highest BCUT2D eigenvalue weighted by atomic mass is 32.2. The van der Waals surface area contributed by atoms with Crippen molar-refractivity contribution < 1.29 is 8.42 Å². The summed E-state index contributed by atoms with van der Waals surface area (Å²) < 4.78 is 23.4. The SMILES string of the molecule is CS(=O)(=O)c1cccnc1N1CCCC1CN. The molecule has 0 aromatic carbocycles. The Balaban J connectivity index is 2.45. The molecule has 1 fully saturated rings. The molecule has 5 nitrogen and oxygen atoms in total. The van der Waals surface area contributed by atoms with Gasteiger partial charge in [-0.15, -0.1) is 0 Å². The fraction of sp³-hybridized carbons (Fsp3) is 0.545. The van der Waals surface area contributed by atoms with E-state index in [-0.39, 0.29) is 6.04 Å². The highest BCUT2D eigenvalue weighted by Crippen LogP contribution is 2.28. The van der Waals surface area contributed by atoms with Gasteiger partial charge in [0, 0.05) is 31.6 Å². The molecule has 94 valence electrons. The van der Waals surface area contributed by atoms with E-state index in [1.165, 1.54) is 6.26 Å². The second kappa shape index (κ2) is 4.62. The summed E-state index contributed by atoms with van der Waals surface area (Å²) in [5.74, 6) is 0.544. The zero-order valence-corrected chi connectivity index (χ0v) is 10.7. The van der Waals surface area contributed by atoms with E-state index in [0.29, 0.717) is 17.3 Å². The maximum Gasteiger partial charge on any atom is 0.179 e. The first kappa shape index (κ1) is 12.3. The molecule has 2 N–H and O–H groups in total. The first-order valence-electron chi connectivity index (χ1n) is 5.66. The summed E-state index contributed by atoms with van der Waals surface area (Å²) in [5.41, 5.74) is 5.70. The van der Waals surface area contributed by atoms with Gasteiger partial charge < -0.3 is 10.6 Å². The van der Waals surface area contributed by atoms with E-state index in [9.17, 15) is 8.42 Å². The fourth-order valence-corrected chi connectivity index (χ4v) is 3.07. The summed E-state index contributed by atoms with van der Waals surface area (Å²) in [7, 11) is -3.25. The van der Waals surface area contributed by atoms with Gasteiger partial charge in [-0.3, -0.25) is 0 Å². The fourth-order valence-electron chi connectivity index (χ4n) is 2.25.